The van der Waals surface area contributed by atoms with E-state index in [-0.39, 0.29) is 5.84 Å². The maximum absolute atomic E-state index is 5.69. The van der Waals surface area contributed by atoms with E-state index >= 15 is 0 Å². The van der Waals surface area contributed by atoms with Gasteiger partial charge in [0.05, 0.1) is 0 Å². The Morgan fingerprint density at radius 2 is 1.69 bits per heavy atom. The topological polar surface area (TPSA) is 15.6 Å². The Bertz CT molecular complexity index is 307. The van der Waals surface area contributed by atoms with Crippen molar-refractivity contribution in [3.05, 3.63) is 34.9 Å². The minimum absolute atomic E-state index is 0.252. The molecule has 0 aliphatic heterocycles. The summed E-state index contributed by atoms with van der Waals surface area (Å²) in [4.78, 5) is 0. The second-order valence-electron chi connectivity index (χ2n) is 2.15. The quantitative estimate of drug-likeness (QED) is 0.424. The van der Waals surface area contributed by atoms with E-state index < -0.39 is 0 Å². The lowest BCUT2D eigenvalue weighted by Crippen LogP contribution is -2.11. The second kappa shape index (κ2) is 4.91. The number of nitrogens with zero attached hydrogens (tertiary/aromatic N) is 2. The van der Waals surface area contributed by atoms with Crippen molar-refractivity contribution in [1.29, 1.82) is 0 Å². The van der Waals surface area contributed by atoms with Gasteiger partial charge in [-0.25, -0.2) is 0 Å². The Morgan fingerprint density at radius 1 is 1.15 bits per heavy atom. The molecule has 1 aromatic rings. The number of benzene rings is 1. The molecule has 0 N–H and O–H groups in total. The average molecular weight is 258 g/mol. The van der Waals surface area contributed by atoms with Gasteiger partial charge in [0.15, 0.2) is 5.84 Å². The van der Waals surface area contributed by atoms with Gasteiger partial charge in [-0.3, -0.25) is 0 Å². The summed E-state index contributed by atoms with van der Waals surface area (Å²) in [6.07, 6.45) is 0. The fourth-order valence-corrected chi connectivity index (χ4v) is 1.42. The summed E-state index contributed by atoms with van der Waals surface area (Å²) in [5, 5.41) is 0.619. The van der Waals surface area contributed by atoms with Gasteiger partial charge < -0.3 is 0 Å². The Labute approximate surface area is 96.0 Å². The summed E-state index contributed by atoms with van der Waals surface area (Å²) in [7, 11) is 0. The predicted molar refractivity (Wildman–Crippen MR) is 57.4 cm³/mol. The highest BCUT2D eigenvalue weighted by Gasteiger charge is 2.08. The van der Waals surface area contributed by atoms with Crippen LogP contribution < -0.4 is 0 Å². The first-order valence-corrected chi connectivity index (χ1v) is 4.61. The first-order chi connectivity index (χ1) is 6.15. The van der Waals surface area contributed by atoms with Crippen molar-refractivity contribution in [2.75, 3.05) is 0 Å². The van der Waals surface area contributed by atoms with E-state index in [1.807, 2.05) is 0 Å². The highest BCUT2D eigenvalue weighted by Crippen LogP contribution is 2.15. The SMILES string of the molecule is Cl/N=C(\c1ccc(Cl)cc1)N(Cl)Cl. The van der Waals surface area contributed by atoms with Crippen LogP contribution in [0.2, 0.25) is 5.02 Å². The van der Waals surface area contributed by atoms with Gasteiger partial charge in [-0.2, -0.15) is 8.45 Å². The molecule has 0 saturated carbocycles. The molecule has 2 nitrogen and oxygen atoms in total. The molecule has 0 heterocycles. The molecule has 1 rings (SSSR count). The average Bonchev–Trinajstić information content (AvgIpc) is 2.09. The van der Waals surface area contributed by atoms with Crippen LogP contribution in [0, 0.1) is 0 Å². The summed E-state index contributed by atoms with van der Waals surface area (Å²) < 4.78 is 4.18. The molecule has 6 heteroatoms. The van der Waals surface area contributed by atoms with Crippen LogP contribution in [0.3, 0.4) is 0 Å². The second-order valence-corrected chi connectivity index (χ2v) is 3.60. The lowest BCUT2D eigenvalue weighted by Gasteiger charge is -2.07. The molecule has 0 bridgehead atoms. The third-order valence-electron chi connectivity index (χ3n) is 1.34. The molecule has 0 aliphatic rings. The number of amidine groups is 1. The third kappa shape index (κ3) is 2.92. The molecular formula is C7H4Cl4N2. The smallest absolute Gasteiger partial charge is 0.173 e. The van der Waals surface area contributed by atoms with Crippen LogP contribution in [0.25, 0.3) is 0 Å². The zero-order chi connectivity index (χ0) is 9.84. The summed E-state index contributed by atoms with van der Waals surface area (Å²) in [6.45, 7) is 0. The lowest BCUT2D eigenvalue weighted by molar-refractivity contribution is 1.08. The van der Waals surface area contributed by atoms with Crippen molar-refractivity contribution in [3.8, 4) is 0 Å². The van der Waals surface area contributed by atoms with E-state index in [1.54, 1.807) is 24.3 Å². The van der Waals surface area contributed by atoms with Crippen LogP contribution in [0.1, 0.15) is 5.56 Å². The molecule has 0 fully saturated rings. The Balaban J connectivity index is 3.00. The number of halogens is 4. The normalized spacial score (nSPS) is 11.5. The van der Waals surface area contributed by atoms with Crippen molar-refractivity contribution < 1.29 is 0 Å². The molecule has 1 aromatic carbocycles. The highest BCUT2D eigenvalue weighted by atomic mass is 35.5. The highest BCUT2D eigenvalue weighted by molar-refractivity contribution is 6.45. The minimum Gasteiger partial charge on any atom is -0.173 e. The van der Waals surface area contributed by atoms with Crippen LogP contribution in [0.15, 0.2) is 28.8 Å². The fourth-order valence-electron chi connectivity index (χ4n) is 0.774. The van der Waals surface area contributed by atoms with Crippen LogP contribution in [0.5, 0.6) is 0 Å². The molecular weight excluding hydrogens is 254 g/mol. The van der Waals surface area contributed by atoms with Gasteiger partial charge in [0.2, 0.25) is 0 Å². The molecule has 0 saturated heterocycles. The molecule has 0 spiro atoms. The molecule has 0 atom stereocenters. The van der Waals surface area contributed by atoms with Gasteiger partial charge in [0, 0.05) is 45.9 Å². The van der Waals surface area contributed by atoms with Gasteiger partial charge in [0.1, 0.15) is 0 Å². The standard InChI is InChI=1S/C7H4Cl4N2/c8-6-3-1-5(2-4-6)7(12-9)13(10)11/h1-4H/b12-7+. The minimum atomic E-state index is 0.252. The van der Waals surface area contributed by atoms with Crippen LogP contribution >= 0.6 is 46.9 Å². The molecule has 13 heavy (non-hydrogen) atoms. The van der Waals surface area contributed by atoms with Crippen LogP contribution in [-0.4, -0.2) is 9.77 Å². The summed E-state index contributed by atoms with van der Waals surface area (Å²) in [6, 6.07) is 6.80. The predicted octanol–water partition coefficient (Wildman–Crippen LogP) is 3.85. The maximum atomic E-state index is 5.69. The van der Waals surface area contributed by atoms with Crippen molar-refractivity contribution in [1.82, 2.24) is 3.94 Å². The van der Waals surface area contributed by atoms with Crippen molar-refractivity contribution in [2.24, 2.45) is 4.51 Å². The molecule has 0 unspecified atom stereocenters. The first kappa shape index (κ1) is 10.9. The van der Waals surface area contributed by atoms with Crippen molar-refractivity contribution in [3.63, 3.8) is 0 Å². The molecule has 70 valence electrons. The zero-order valence-electron chi connectivity index (χ0n) is 6.22. The Kier molecular flexibility index (Phi) is 4.13. The van der Waals surface area contributed by atoms with E-state index in [0.29, 0.717) is 10.6 Å². The summed E-state index contributed by atoms with van der Waals surface area (Å²) >= 11 is 21.9. The molecule has 0 aromatic heterocycles. The van der Waals surface area contributed by atoms with E-state index in [0.717, 1.165) is 3.94 Å². The van der Waals surface area contributed by atoms with Crippen molar-refractivity contribution >= 4 is 52.8 Å². The largest absolute Gasteiger partial charge is 0.180 e. The van der Waals surface area contributed by atoms with Gasteiger partial charge in [-0.05, 0) is 24.3 Å². The Morgan fingerprint density at radius 3 is 2.08 bits per heavy atom. The zero-order valence-corrected chi connectivity index (χ0v) is 9.24. The Hall–Kier alpha value is -0.150. The van der Waals surface area contributed by atoms with Crippen molar-refractivity contribution in [2.45, 2.75) is 0 Å². The summed E-state index contributed by atoms with van der Waals surface area (Å²) in [5.41, 5.74) is 0.685. The summed E-state index contributed by atoms with van der Waals surface area (Å²) in [5.74, 6) is 0.252. The third-order valence-corrected chi connectivity index (χ3v) is 2.07. The maximum Gasteiger partial charge on any atom is 0.180 e. The first-order valence-electron chi connectivity index (χ1n) is 3.21. The van der Waals surface area contributed by atoms with Crippen LogP contribution in [-0.2, 0) is 0 Å². The van der Waals surface area contributed by atoms with Gasteiger partial charge in [-0.1, -0.05) is 11.6 Å². The number of hydrogen-bond acceptors (Lipinski definition) is 1. The molecule has 0 radical (unpaired) electrons. The van der Waals surface area contributed by atoms with E-state index in [2.05, 4.69) is 4.51 Å². The van der Waals surface area contributed by atoms with Gasteiger partial charge in [0.25, 0.3) is 0 Å². The van der Waals surface area contributed by atoms with E-state index in [1.165, 1.54) is 0 Å². The van der Waals surface area contributed by atoms with E-state index in [9.17, 15) is 0 Å². The monoisotopic (exact) mass is 256 g/mol. The van der Waals surface area contributed by atoms with Gasteiger partial charge in [-0.15, -0.1) is 0 Å². The molecule has 0 amide bonds. The lowest BCUT2D eigenvalue weighted by atomic mass is 10.2. The number of rotatable bonds is 1. The number of hydrogen-bond donors (Lipinski definition) is 0. The fraction of sp³-hybridized carbons (Fsp3) is 0. The van der Waals surface area contributed by atoms with Crippen LogP contribution in [0.4, 0.5) is 0 Å². The van der Waals surface area contributed by atoms with Gasteiger partial charge >= 0.3 is 0 Å². The molecule has 0 aliphatic carbocycles. The van der Waals surface area contributed by atoms with E-state index in [4.69, 9.17) is 46.9 Å².